The van der Waals surface area contributed by atoms with Gasteiger partial charge in [0.1, 0.15) is 0 Å². The molecule has 0 aliphatic carbocycles. The van der Waals surface area contributed by atoms with Crippen LogP contribution in [0, 0.1) is 10.1 Å². The highest BCUT2D eigenvalue weighted by Gasteiger charge is 2.15. The third kappa shape index (κ3) is 2.98. The van der Waals surface area contributed by atoms with Gasteiger partial charge in [0.15, 0.2) is 0 Å². The first kappa shape index (κ1) is 13.7. The average molecular weight is 292 g/mol. The minimum Gasteiger partial charge on any atom is -0.478 e. The van der Waals surface area contributed by atoms with Crippen molar-refractivity contribution in [1.29, 1.82) is 0 Å². The van der Waals surface area contributed by atoms with Crippen LogP contribution in [-0.2, 0) is 0 Å². The van der Waals surface area contributed by atoms with Gasteiger partial charge in [-0.05, 0) is 30.3 Å². The van der Waals surface area contributed by atoms with Gasteiger partial charge in [-0.2, -0.15) is 0 Å². The number of nitrogens with zero attached hydrogens (tertiary/aromatic N) is 1. The van der Waals surface area contributed by atoms with Crippen molar-refractivity contribution in [3.8, 4) is 0 Å². The number of carbonyl (C=O) groups is 2. The maximum absolute atomic E-state index is 11.8. The largest absolute Gasteiger partial charge is 0.478 e. The first-order chi connectivity index (χ1) is 9.47. The Labute approximate surface area is 116 Å². The van der Waals surface area contributed by atoms with Gasteiger partial charge in [0.2, 0.25) is 0 Å². The minimum atomic E-state index is -1.06. The quantitative estimate of drug-likeness (QED) is 0.665. The molecule has 1 heterocycles. The zero-order valence-electron chi connectivity index (χ0n) is 9.90. The molecule has 7 nitrogen and oxygen atoms in total. The molecule has 0 bridgehead atoms. The highest BCUT2D eigenvalue weighted by atomic mass is 32.1. The van der Waals surface area contributed by atoms with E-state index in [1.807, 2.05) is 0 Å². The zero-order chi connectivity index (χ0) is 14.7. The molecule has 0 atom stereocenters. The highest BCUT2D eigenvalue weighted by molar-refractivity contribution is 7.17. The summed E-state index contributed by atoms with van der Waals surface area (Å²) < 4.78 is 0. The van der Waals surface area contributed by atoms with Crippen LogP contribution in [0.15, 0.2) is 36.4 Å². The third-order valence-corrected chi connectivity index (χ3v) is 3.42. The molecule has 102 valence electrons. The van der Waals surface area contributed by atoms with E-state index in [1.54, 1.807) is 0 Å². The Morgan fingerprint density at radius 2 is 1.80 bits per heavy atom. The normalized spacial score (nSPS) is 10.0. The number of nitro groups is 1. The lowest BCUT2D eigenvalue weighted by atomic mass is 10.2. The summed E-state index contributed by atoms with van der Waals surface area (Å²) in [6.07, 6.45) is 0. The molecule has 0 spiro atoms. The summed E-state index contributed by atoms with van der Waals surface area (Å²) in [5.74, 6) is -1.54. The van der Waals surface area contributed by atoms with E-state index in [-0.39, 0.29) is 15.4 Å². The number of anilines is 1. The van der Waals surface area contributed by atoms with Crippen molar-refractivity contribution in [3.05, 3.63) is 57.0 Å². The van der Waals surface area contributed by atoms with Crippen LogP contribution in [-0.4, -0.2) is 21.9 Å². The summed E-state index contributed by atoms with van der Waals surface area (Å²) >= 11 is 0.771. The van der Waals surface area contributed by atoms with Gasteiger partial charge in [0.25, 0.3) is 5.91 Å². The summed E-state index contributed by atoms with van der Waals surface area (Å²) in [6.45, 7) is 0. The lowest BCUT2D eigenvalue weighted by Crippen LogP contribution is -2.10. The van der Waals surface area contributed by atoms with Gasteiger partial charge < -0.3 is 10.4 Å². The molecule has 1 aromatic heterocycles. The van der Waals surface area contributed by atoms with Gasteiger partial charge in [0.05, 0.1) is 15.4 Å². The van der Waals surface area contributed by atoms with Crippen molar-refractivity contribution in [1.82, 2.24) is 0 Å². The maximum atomic E-state index is 11.8. The Hall–Kier alpha value is -2.74. The molecular weight excluding hydrogens is 284 g/mol. The van der Waals surface area contributed by atoms with Crippen LogP contribution in [0.1, 0.15) is 20.0 Å². The summed E-state index contributed by atoms with van der Waals surface area (Å²) in [4.78, 5) is 32.7. The maximum Gasteiger partial charge on any atom is 0.335 e. The topological polar surface area (TPSA) is 110 Å². The fourth-order valence-electron chi connectivity index (χ4n) is 1.44. The predicted molar refractivity (Wildman–Crippen MR) is 72.3 cm³/mol. The second-order valence-electron chi connectivity index (χ2n) is 3.73. The summed E-state index contributed by atoms with van der Waals surface area (Å²) in [5.41, 5.74) is 0.519. The van der Waals surface area contributed by atoms with Crippen LogP contribution in [0.4, 0.5) is 10.7 Å². The van der Waals surface area contributed by atoms with Crippen LogP contribution >= 0.6 is 11.3 Å². The van der Waals surface area contributed by atoms with E-state index in [4.69, 9.17) is 5.11 Å². The van der Waals surface area contributed by atoms with Crippen molar-refractivity contribution in [2.75, 3.05) is 5.32 Å². The number of carboxylic acid groups (broad SMARTS) is 1. The number of nitrogens with one attached hydrogen (secondary N) is 1. The van der Waals surface area contributed by atoms with Crippen molar-refractivity contribution < 1.29 is 19.6 Å². The van der Waals surface area contributed by atoms with Crippen molar-refractivity contribution in [3.63, 3.8) is 0 Å². The van der Waals surface area contributed by atoms with Gasteiger partial charge in [-0.1, -0.05) is 11.3 Å². The first-order valence-electron chi connectivity index (χ1n) is 5.36. The summed E-state index contributed by atoms with van der Waals surface area (Å²) in [5, 5.41) is 21.7. The smallest absolute Gasteiger partial charge is 0.335 e. The van der Waals surface area contributed by atoms with Gasteiger partial charge in [-0.25, -0.2) is 4.79 Å². The number of hydrogen-bond donors (Lipinski definition) is 2. The van der Waals surface area contributed by atoms with Crippen LogP contribution in [0.3, 0.4) is 0 Å². The van der Waals surface area contributed by atoms with Crippen LogP contribution in [0.25, 0.3) is 0 Å². The average Bonchev–Trinajstić information content (AvgIpc) is 2.89. The lowest BCUT2D eigenvalue weighted by Gasteiger charge is -2.03. The molecule has 2 N–H and O–H groups in total. The SMILES string of the molecule is O=C(O)c1ccc(NC(=O)c2ccc([N+](=O)[O-])s2)cc1. The highest BCUT2D eigenvalue weighted by Crippen LogP contribution is 2.24. The second kappa shape index (κ2) is 5.49. The molecular formula is C12H8N2O5S. The predicted octanol–water partition coefficient (Wildman–Crippen LogP) is 2.61. The number of carbonyl (C=O) groups excluding carboxylic acids is 1. The Balaban J connectivity index is 2.10. The number of hydrogen-bond acceptors (Lipinski definition) is 5. The Kier molecular flexibility index (Phi) is 3.76. The zero-order valence-corrected chi connectivity index (χ0v) is 10.7. The van der Waals surface area contributed by atoms with E-state index in [0.29, 0.717) is 5.69 Å². The second-order valence-corrected chi connectivity index (χ2v) is 4.79. The molecule has 0 fully saturated rings. The number of benzene rings is 1. The number of rotatable bonds is 4. The van der Waals surface area contributed by atoms with E-state index in [2.05, 4.69) is 5.32 Å². The van der Waals surface area contributed by atoms with Crippen molar-refractivity contribution >= 4 is 33.9 Å². The van der Waals surface area contributed by atoms with Gasteiger partial charge >= 0.3 is 11.0 Å². The van der Waals surface area contributed by atoms with Gasteiger partial charge in [-0.3, -0.25) is 14.9 Å². The van der Waals surface area contributed by atoms with E-state index in [1.165, 1.54) is 36.4 Å². The molecule has 1 amide bonds. The molecule has 8 heteroatoms. The third-order valence-electron chi connectivity index (χ3n) is 2.39. The fourth-order valence-corrected chi connectivity index (χ4v) is 2.15. The molecule has 0 saturated carbocycles. The van der Waals surface area contributed by atoms with Crippen molar-refractivity contribution in [2.45, 2.75) is 0 Å². The number of carboxylic acids is 1. The monoisotopic (exact) mass is 292 g/mol. The molecule has 2 rings (SSSR count). The molecule has 0 saturated heterocycles. The Morgan fingerprint density at radius 1 is 1.15 bits per heavy atom. The molecule has 0 aliphatic heterocycles. The van der Waals surface area contributed by atoms with E-state index in [9.17, 15) is 19.7 Å². The molecule has 1 aromatic carbocycles. The standard InChI is InChI=1S/C12H8N2O5S/c15-11(9-5-6-10(20-9)14(18)19)13-8-3-1-7(2-4-8)12(16)17/h1-6H,(H,13,15)(H,16,17). The minimum absolute atomic E-state index is 0.106. The lowest BCUT2D eigenvalue weighted by molar-refractivity contribution is -0.380. The molecule has 2 aromatic rings. The van der Waals surface area contributed by atoms with E-state index < -0.39 is 16.8 Å². The molecule has 20 heavy (non-hydrogen) atoms. The van der Waals surface area contributed by atoms with Crippen molar-refractivity contribution in [2.24, 2.45) is 0 Å². The Bertz CT molecular complexity index is 677. The summed E-state index contributed by atoms with van der Waals surface area (Å²) in [7, 11) is 0. The fraction of sp³-hybridized carbons (Fsp3) is 0. The number of thiophene rings is 1. The first-order valence-corrected chi connectivity index (χ1v) is 6.18. The Morgan fingerprint density at radius 3 is 2.30 bits per heavy atom. The van der Waals surface area contributed by atoms with Crippen LogP contribution < -0.4 is 5.32 Å². The summed E-state index contributed by atoms with van der Waals surface area (Å²) in [6, 6.07) is 8.23. The van der Waals surface area contributed by atoms with E-state index >= 15 is 0 Å². The molecule has 0 aliphatic rings. The number of amides is 1. The molecule has 0 radical (unpaired) electrons. The van der Waals surface area contributed by atoms with Gasteiger partial charge in [0, 0.05) is 11.8 Å². The van der Waals surface area contributed by atoms with Crippen LogP contribution in [0.2, 0.25) is 0 Å². The van der Waals surface area contributed by atoms with E-state index in [0.717, 1.165) is 11.3 Å². The van der Waals surface area contributed by atoms with Gasteiger partial charge in [-0.15, -0.1) is 0 Å². The van der Waals surface area contributed by atoms with Crippen LogP contribution in [0.5, 0.6) is 0 Å². The number of aromatic carboxylic acids is 1. The molecule has 0 unspecified atom stereocenters.